The van der Waals surface area contributed by atoms with Gasteiger partial charge in [-0.3, -0.25) is 4.79 Å². The minimum Gasteiger partial charge on any atom is -0.493 e. The van der Waals surface area contributed by atoms with Crippen LogP contribution in [0.2, 0.25) is 0 Å². The van der Waals surface area contributed by atoms with Crippen molar-refractivity contribution in [3.8, 4) is 11.5 Å². The van der Waals surface area contributed by atoms with E-state index < -0.39 is 12.1 Å². The highest BCUT2D eigenvalue weighted by molar-refractivity contribution is 6.01. The molecule has 2 heterocycles. The van der Waals surface area contributed by atoms with E-state index in [1.807, 2.05) is 30.3 Å². The highest BCUT2D eigenvalue weighted by Crippen LogP contribution is 2.37. The molecule has 1 atom stereocenters. The van der Waals surface area contributed by atoms with Gasteiger partial charge in [0.1, 0.15) is 18.5 Å². The van der Waals surface area contributed by atoms with Crippen LogP contribution in [-0.2, 0) is 16.1 Å². The molecule has 2 aromatic carbocycles. The number of ether oxygens (including phenoxy) is 4. The number of fused-ring (bicyclic) bond motifs is 1. The van der Waals surface area contributed by atoms with E-state index in [0.717, 1.165) is 11.3 Å². The average Bonchev–Trinajstić information content (AvgIpc) is 3.35. The summed E-state index contributed by atoms with van der Waals surface area (Å²) in [6.07, 6.45) is -0.409. The van der Waals surface area contributed by atoms with Gasteiger partial charge in [0.05, 0.1) is 26.4 Å². The second kappa shape index (κ2) is 10.3. The molecule has 34 heavy (non-hydrogen) atoms. The molecule has 1 aliphatic heterocycles. The van der Waals surface area contributed by atoms with Gasteiger partial charge in [-0.15, -0.1) is 0 Å². The van der Waals surface area contributed by atoms with Gasteiger partial charge in [0.2, 0.25) is 5.76 Å². The zero-order valence-corrected chi connectivity index (χ0v) is 19.2. The highest BCUT2D eigenvalue weighted by atomic mass is 16.5. The van der Waals surface area contributed by atoms with Crippen LogP contribution in [0, 0.1) is 0 Å². The molecule has 0 spiro atoms. The molecule has 1 aromatic heterocycles. The zero-order chi connectivity index (χ0) is 24.1. The molecule has 178 valence electrons. The lowest BCUT2D eigenvalue weighted by molar-refractivity contribution is 0.0560. The minimum absolute atomic E-state index is 0.0741. The van der Waals surface area contributed by atoms with Gasteiger partial charge in [-0.1, -0.05) is 18.2 Å². The summed E-state index contributed by atoms with van der Waals surface area (Å²) >= 11 is 0. The van der Waals surface area contributed by atoms with Crippen LogP contribution in [-0.4, -0.2) is 51.3 Å². The summed E-state index contributed by atoms with van der Waals surface area (Å²) in [5.74, 6) is 0.934. The maximum atomic E-state index is 13.2. The van der Waals surface area contributed by atoms with Crippen LogP contribution < -0.4 is 14.8 Å². The number of methoxy groups -OCH3 is 3. The van der Waals surface area contributed by atoms with Crippen molar-refractivity contribution in [2.75, 3.05) is 39.8 Å². The lowest BCUT2D eigenvalue weighted by Gasteiger charge is -2.38. The Morgan fingerprint density at radius 1 is 1.06 bits per heavy atom. The molecule has 0 saturated carbocycles. The summed E-state index contributed by atoms with van der Waals surface area (Å²) in [6.45, 7) is 0.921. The summed E-state index contributed by atoms with van der Waals surface area (Å²) < 4.78 is 26.7. The Hall–Kier alpha value is -3.98. The molecule has 0 unspecified atom stereocenters. The van der Waals surface area contributed by atoms with Crippen molar-refractivity contribution in [2.24, 2.45) is 0 Å². The van der Waals surface area contributed by atoms with Gasteiger partial charge in [0, 0.05) is 19.3 Å². The van der Waals surface area contributed by atoms with Gasteiger partial charge >= 0.3 is 5.97 Å². The highest BCUT2D eigenvalue weighted by Gasteiger charge is 2.33. The maximum absolute atomic E-state index is 13.2. The molecule has 1 amide bonds. The molecule has 1 N–H and O–H groups in total. The number of rotatable bonds is 9. The second-order valence-electron chi connectivity index (χ2n) is 7.54. The first-order chi connectivity index (χ1) is 16.5. The standard InChI is InChI=1S/C25H26N2O7/c1-30-13-12-27-23(26-19-7-5-4-6-18(19)24(27)28)16-8-10-20(22(14-16)31-2)33-15-17-9-11-21(34-17)25(29)32-3/h4-11,14,23,26H,12-13,15H2,1-3H3/t23-/m0/s1. The Bertz CT molecular complexity index is 1170. The zero-order valence-electron chi connectivity index (χ0n) is 19.2. The summed E-state index contributed by atoms with van der Waals surface area (Å²) in [4.78, 5) is 26.5. The molecule has 0 bridgehead atoms. The number of nitrogens with zero attached hydrogens (tertiary/aromatic N) is 1. The summed E-state index contributed by atoms with van der Waals surface area (Å²) in [6, 6.07) is 16.1. The van der Waals surface area contributed by atoms with Gasteiger partial charge in [0.25, 0.3) is 5.91 Å². The fourth-order valence-corrected chi connectivity index (χ4v) is 3.76. The van der Waals surface area contributed by atoms with E-state index in [2.05, 4.69) is 10.1 Å². The third-order valence-corrected chi connectivity index (χ3v) is 5.48. The molecule has 3 aromatic rings. The third kappa shape index (κ3) is 4.69. The number of anilines is 1. The Kier molecular flexibility index (Phi) is 7.03. The lowest BCUT2D eigenvalue weighted by atomic mass is 10.0. The van der Waals surface area contributed by atoms with Gasteiger partial charge in [0.15, 0.2) is 11.5 Å². The molecular weight excluding hydrogens is 440 g/mol. The number of carbonyl (C=O) groups is 2. The predicted molar refractivity (Wildman–Crippen MR) is 123 cm³/mol. The predicted octanol–water partition coefficient (Wildman–Crippen LogP) is 3.87. The van der Waals surface area contributed by atoms with Crippen molar-refractivity contribution < 1.29 is 33.0 Å². The van der Waals surface area contributed by atoms with Gasteiger partial charge in [-0.05, 0) is 42.0 Å². The smallest absolute Gasteiger partial charge is 0.373 e. The summed E-state index contributed by atoms with van der Waals surface area (Å²) in [5, 5.41) is 3.44. The van der Waals surface area contributed by atoms with Crippen LogP contribution >= 0.6 is 0 Å². The van der Waals surface area contributed by atoms with E-state index in [4.69, 9.17) is 18.6 Å². The summed E-state index contributed by atoms with van der Waals surface area (Å²) in [7, 11) is 4.44. The van der Waals surface area contributed by atoms with Crippen LogP contribution in [0.25, 0.3) is 0 Å². The Labute approximate surface area is 197 Å². The van der Waals surface area contributed by atoms with Crippen molar-refractivity contribution in [3.63, 3.8) is 0 Å². The molecule has 9 nitrogen and oxygen atoms in total. The maximum Gasteiger partial charge on any atom is 0.373 e. The van der Waals surface area contributed by atoms with E-state index in [-0.39, 0.29) is 18.3 Å². The lowest BCUT2D eigenvalue weighted by Crippen LogP contribution is -2.44. The fourth-order valence-electron chi connectivity index (χ4n) is 3.76. The normalized spacial score (nSPS) is 14.9. The van der Waals surface area contributed by atoms with Crippen LogP contribution in [0.1, 0.15) is 38.4 Å². The van der Waals surface area contributed by atoms with E-state index in [1.54, 1.807) is 37.3 Å². The van der Waals surface area contributed by atoms with Gasteiger partial charge in [-0.2, -0.15) is 0 Å². The molecule has 1 aliphatic rings. The largest absolute Gasteiger partial charge is 0.493 e. The number of amides is 1. The average molecular weight is 466 g/mol. The topological polar surface area (TPSA) is 99.5 Å². The first-order valence-electron chi connectivity index (χ1n) is 10.7. The van der Waals surface area contributed by atoms with Crippen molar-refractivity contribution in [1.29, 1.82) is 0 Å². The van der Waals surface area contributed by atoms with Crippen LogP contribution in [0.3, 0.4) is 0 Å². The van der Waals surface area contributed by atoms with Gasteiger partial charge in [-0.25, -0.2) is 4.79 Å². The van der Waals surface area contributed by atoms with Crippen molar-refractivity contribution in [1.82, 2.24) is 4.90 Å². The van der Waals surface area contributed by atoms with E-state index in [9.17, 15) is 9.59 Å². The second-order valence-corrected chi connectivity index (χ2v) is 7.54. The number of benzene rings is 2. The molecule has 0 radical (unpaired) electrons. The van der Waals surface area contributed by atoms with Crippen LogP contribution in [0.5, 0.6) is 11.5 Å². The van der Waals surface area contributed by atoms with Crippen LogP contribution in [0.15, 0.2) is 59.0 Å². The molecule has 0 aliphatic carbocycles. The van der Waals surface area contributed by atoms with Crippen LogP contribution in [0.4, 0.5) is 5.69 Å². The minimum atomic E-state index is -0.553. The quantitative estimate of drug-likeness (QED) is 0.475. The number of nitrogens with one attached hydrogen (secondary N) is 1. The summed E-state index contributed by atoms with van der Waals surface area (Å²) in [5.41, 5.74) is 2.21. The number of hydrogen-bond acceptors (Lipinski definition) is 8. The number of carbonyl (C=O) groups excluding carboxylic acids is 2. The number of hydrogen-bond donors (Lipinski definition) is 1. The Morgan fingerprint density at radius 3 is 2.65 bits per heavy atom. The number of furan rings is 1. The molecular formula is C25H26N2O7. The molecule has 4 rings (SSSR count). The molecule has 0 saturated heterocycles. The third-order valence-electron chi connectivity index (χ3n) is 5.48. The van der Waals surface area contributed by atoms with Crippen molar-refractivity contribution in [3.05, 3.63) is 77.2 Å². The Balaban J connectivity index is 1.56. The van der Waals surface area contributed by atoms with E-state index in [0.29, 0.717) is 36.0 Å². The van der Waals surface area contributed by atoms with E-state index in [1.165, 1.54) is 13.2 Å². The molecule has 9 heteroatoms. The monoisotopic (exact) mass is 466 g/mol. The fraction of sp³-hybridized carbons (Fsp3) is 0.280. The molecule has 0 fully saturated rings. The first kappa shape index (κ1) is 23.2. The van der Waals surface area contributed by atoms with E-state index >= 15 is 0 Å². The number of esters is 1. The van der Waals surface area contributed by atoms with Crippen molar-refractivity contribution in [2.45, 2.75) is 12.8 Å². The van der Waals surface area contributed by atoms with Crippen molar-refractivity contribution >= 4 is 17.6 Å². The Morgan fingerprint density at radius 2 is 1.88 bits per heavy atom. The first-order valence-corrected chi connectivity index (χ1v) is 10.7. The number of para-hydroxylation sites is 1. The SMILES string of the molecule is COCCN1C(=O)c2ccccc2N[C@@H]1c1ccc(OCc2ccc(C(=O)OC)o2)c(OC)c1. The van der Waals surface area contributed by atoms with Gasteiger partial charge < -0.3 is 33.6 Å².